The molecule has 0 aliphatic carbocycles. The Bertz CT molecular complexity index is 231. The molecule has 3 heteroatoms. The molecule has 0 aromatic carbocycles. The Morgan fingerprint density at radius 3 is 2.56 bits per heavy atom. The summed E-state index contributed by atoms with van der Waals surface area (Å²) >= 11 is 0. The summed E-state index contributed by atoms with van der Waals surface area (Å²) in [4.78, 5) is 11.4. The maximum Gasteiger partial charge on any atom is 0.336 e. The van der Waals surface area contributed by atoms with Gasteiger partial charge in [0.2, 0.25) is 0 Å². The number of hydrogen-bond donors (Lipinski definition) is 0. The van der Waals surface area contributed by atoms with Gasteiger partial charge in [0, 0.05) is 0 Å². The van der Waals surface area contributed by atoms with Crippen molar-refractivity contribution < 1.29 is 14.3 Å². The van der Waals surface area contributed by atoms with E-state index >= 15 is 0 Å². The van der Waals surface area contributed by atoms with E-state index in [1.807, 2.05) is 0 Å². The van der Waals surface area contributed by atoms with Crippen molar-refractivity contribution in [1.82, 2.24) is 0 Å². The minimum atomic E-state index is -0.295. The smallest absolute Gasteiger partial charge is 0.336 e. The molecule has 1 fully saturated rings. The minimum absolute atomic E-state index is 0.0722. The Morgan fingerprint density at radius 1 is 1.31 bits per heavy atom. The van der Waals surface area contributed by atoms with Gasteiger partial charge in [-0.15, -0.1) is 0 Å². The van der Waals surface area contributed by atoms with E-state index in [1.165, 1.54) is 25.7 Å². The van der Waals surface area contributed by atoms with Gasteiger partial charge in [-0.25, -0.2) is 4.79 Å². The van der Waals surface area contributed by atoms with Gasteiger partial charge < -0.3 is 9.47 Å². The van der Waals surface area contributed by atoms with Crippen molar-refractivity contribution >= 4 is 5.97 Å². The SMILES string of the molecule is C=C(C(=O)OCCCCCCCC)C1CO1. The van der Waals surface area contributed by atoms with Gasteiger partial charge in [0.25, 0.3) is 0 Å². The third-order valence-electron chi connectivity index (χ3n) is 2.72. The fourth-order valence-corrected chi connectivity index (χ4v) is 1.52. The van der Waals surface area contributed by atoms with Crippen LogP contribution < -0.4 is 0 Å². The predicted molar refractivity (Wildman–Crippen MR) is 63.2 cm³/mol. The summed E-state index contributed by atoms with van der Waals surface area (Å²) < 4.78 is 10.1. The van der Waals surface area contributed by atoms with Crippen LogP contribution in [-0.2, 0) is 14.3 Å². The van der Waals surface area contributed by atoms with Crippen LogP contribution in [0, 0.1) is 0 Å². The molecule has 0 spiro atoms. The maximum atomic E-state index is 11.4. The third kappa shape index (κ3) is 5.31. The second kappa shape index (κ2) is 7.44. The summed E-state index contributed by atoms with van der Waals surface area (Å²) in [5, 5.41) is 0. The molecule has 0 aromatic heterocycles. The lowest BCUT2D eigenvalue weighted by molar-refractivity contribution is -0.139. The molecular weight excluding hydrogens is 204 g/mol. The van der Waals surface area contributed by atoms with E-state index in [1.54, 1.807) is 0 Å². The summed E-state index contributed by atoms with van der Waals surface area (Å²) in [5.74, 6) is -0.295. The molecule has 3 nitrogen and oxygen atoms in total. The van der Waals surface area contributed by atoms with Gasteiger partial charge in [0.15, 0.2) is 0 Å². The molecule has 0 bridgehead atoms. The average molecular weight is 226 g/mol. The van der Waals surface area contributed by atoms with E-state index in [2.05, 4.69) is 13.5 Å². The third-order valence-corrected chi connectivity index (χ3v) is 2.72. The number of rotatable bonds is 9. The zero-order valence-corrected chi connectivity index (χ0v) is 10.2. The first-order chi connectivity index (χ1) is 7.75. The molecule has 1 rings (SSSR count). The Labute approximate surface area is 97.8 Å². The molecule has 0 saturated carbocycles. The topological polar surface area (TPSA) is 38.8 Å². The lowest BCUT2D eigenvalue weighted by Crippen LogP contribution is -2.11. The number of epoxide rings is 1. The lowest BCUT2D eigenvalue weighted by atomic mass is 10.1. The van der Waals surface area contributed by atoms with Crippen molar-refractivity contribution in [3.05, 3.63) is 12.2 Å². The molecule has 0 N–H and O–H groups in total. The molecule has 0 radical (unpaired) electrons. The van der Waals surface area contributed by atoms with E-state index in [0.29, 0.717) is 18.8 Å². The Morgan fingerprint density at radius 2 is 1.94 bits per heavy atom. The van der Waals surface area contributed by atoms with Gasteiger partial charge in [0.1, 0.15) is 6.10 Å². The molecule has 0 aromatic rings. The number of unbranched alkanes of at least 4 members (excludes halogenated alkanes) is 5. The van der Waals surface area contributed by atoms with Crippen LogP contribution in [0.2, 0.25) is 0 Å². The largest absolute Gasteiger partial charge is 0.462 e. The van der Waals surface area contributed by atoms with Crippen molar-refractivity contribution in [1.29, 1.82) is 0 Å². The quantitative estimate of drug-likeness (QED) is 0.263. The molecule has 1 saturated heterocycles. The van der Waals surface area contributed by atoms with E-state index in [9.17, 15) is 4.79 Å². The monoisotopic (exact) mass is 226 g/mol. The normalized spacial score (nSPS) is 18.2. The van der Waals surface area contributed by atoms with Crippen LogP contribution in [0.4, 0.5) is 0 Å². The van der Waals surface area contributed by atoms with Gasteiger partial charge in [-0.1, -0.05) is 45.6 Å². The highest BCUT2D eigenvalue weighted by Gasteiger charge is 2.31. The zero-order valence-electron chi connectivity index (χ0n) is 10.2. The number of carbonyl (C=O) groups is 1. The first-order valence-corrected chi connectivity index (χ1v) is 6.23. The molecular formula is C13H22O3. The number of hydrogen-bond acceptors (Lipinski definition) is 3. The number of carbonyl (C=O) groups excluding carboxylic acids is 1. The number of esters is 1. The van der Waals surface area contributed by atoms with E-state index in [-0.39, 0.29) is 12.1 Å². The maximum absolute atomic E-state index is 11.4. The molecule has 92 valence electrons. The minimum Gasteiger partial charge on any atom is -0.462 e. The highest BCUT2D eigenvalue weighted by atomic mass is 16.6. The molecule has 0 amide bonds. The molecule has 1 unspecified atom stereocenters. The second-order valence-electron chi connectivity index (χ2n) is 4.25. The first kappa shape index (κ1) is 13.2. The van der Waals surface area contributed by atoms with Crippen LogP contribution in [0.3, 0.4) is 0 Å². The van der Waals surface area contributed by atoms with Gasteiger partial charge in [-0.2, -0.15) is 0 Å². The van der Waals surface area contributed by atoms with Crippen molar-refractivity contribution in [2.75, 3.05) is 13.2 Å². The molecule has 16 heavy (non-hydrogen) atoms. The predicted octanol–water partition coefficient (Wildman–Crippen LogP) is 2.85. The van der Waals surface area contributed by atoms with Crippen molar-refractivity contribution in [2.45, 2.75) is 51.6 Å². The van der Waals surface area contributed by atoms with Gasteiger partial charge >= 0.3 is 5.97 Å². The van der Waals surface area contributed by atoms with Crippen LogP contribution in [0.25, 0.3) is 0 Å². The zero-order chi connectivity index (χ0) is 11.8. The van der Waals surface area contributed by atoms with Crippen LogP contribution in [-0.4, -0.2) is 25.3 Å². The summed E-state index contributed by atoms with van der Waals surface area (Å²) in [6.45, 7) is 6.98. The molecule has 1 aliphatic heterocycles. The van der Waals surface area contributed by atoms with Crippen molar-refractivity contribution in [2.24, 2.45) is 0 Å². The highest BCUT2D eigenvalue weighted by Crippen LogP contribution is 2.18. The van der Waals surface area contributed by atoms with Gasteiger partial charge in [-0.3, -0.25) is 0 Å². The van der Waals surface area contributed by atoms with Gasteiger partial charge in [-0.05, 0) is 6.42 Å². The number of ether oxygens (including phenoxy) is 2. The van der Waals surface area contributed by atoms with Crippen molar-refractivity contribution in [3.8, 4) is 0 Å². The van der Waals surface area contributed by atoms with Crippen LogP contribution in [0.5, 0.6) is 0 Å². The van der Waals surface area contributed by atoms with Crippen LogP contribution in [0.1, 0.15) is 45.4 Å². The Hall–Kier alpha value is -0.830. The molecule has 1 heterocycles. The summed E-state index contributed by atoms with van der Waals surface area (Å²) in [7, 11) is 0. The lowest BCUT2D eigenvalue weighted by Gasteiger charge is -2.05. The fourth-order valence-electron chi connectivity index (χ4n) is 1.52. The van der Waals surface area contributed by atoms with Crippen LogP contribution in [0.15, 0.2) is 12.2 Å². The van der Waals surface area contributed by atoms with E-state index < -0.39 is 0 Å². The van der Waals surface area contributed by atoms with Gasteiger partial charge in [0.05, 0.1) is 18.8 Å². The molecule has 1 aliphatic rings. The van der Waals surface area contributed by atoms with Crippen molar-refractivity contribution in [3.63, 3.8) is 0 Å². The summed E-state index contributed by atoms with van der Waals surface area (Å²) in [6, 6.07) is 0. The standard InChI is InChI=1S/C13H22O3/c1-3-4-5-6-7-8-9-15-13(14)11(2)12-10-16-12/h12H,2-10H2,1H3. The fraction of sp³-hybridized carbons (Fsp3) is 0.769. The average Bonchev–Trinajstić information content (AvgIpc) is 3.10. The highest BCUT2D eigenvalue weighted by molar-refractivity contribution is 5.89. The van der Waals surface area contributed by atoms with E-state index in [4.69, 9.17) is 9.47 Å². The summed E-state index contributed by atoms with van der Waals surface area (Å²) in [5.41, 5.74) is 0.464. The van der Waals surface area contributed by atoms with Crippen LogP contribution >= 0.6 is 0 Å². The summed E-state index contributed by atoms with van der Waals surface area (Å²) in [6.07, 6.45) is 7.10. The first-order valence-electron chi connectivity index (χ1n) is 6.23. The Kier molecular flexibility index (Phi) is 6.16. The molecule has 1 atom stereocenters. The van der Waals surface area contributed by atoms with E-state index in [0.717, 1.165) is 12.8 Å². The Balaban J connectivity index is 1.90. The second-order valence-corrected chi connectivity index (χ2v) is 4.25.